The first-order valence-electron chi connectivity index (χ1n) is 7.80. The van der Waals surface area contributed by atoms with Gasteiger partial charge in [-0.15, -0.1) is 0 Å². The number of nitriles is 1. The summed E-state index contributed by atoms with van der Waals surface area (Å²) in [5.41, 5.74) is 1.93. The van der Waals surface area contributed by atoms with Crippen LogP contribution >= 0.6 is 0 Å². The average Bonchev–Trinajstić information content (AvgIpc) is 3.03. The summed E-state index contributed by atoms with van der Waals surface area (Å²) in [6.45, 7) is 0.101. The SMILES string of the molecule is N#Cc1c(COC(=O)C2COc3ccccc3O2)cn2ccccc12. The van der Waals surface area contributed by atoms with Crippen LogP contribution in [-0.2, 0) is 16.1 Å². The maximum Gasteiger partial charge on any atom is 0.351 e. The van der Waals surface area contributed by atoms with E-state index >= 15 is 0 Å². The molecule has 1 aliphatic rings. The molecule has 6 heteroatoms. The van der Waals surface area contributed by atoms with E-state index in [9.17, 15) is 10.1 Å². The van der Waals surface area contributed by atoms with Gasteiger partial charge in [-0.3, -0.25) is 0 Å². The third kappa shape index (κ3) is 2.76. The Morgan fingerprint density at radius 2 is 2.04 bits per heavy atom. The van der Waals surface area contributed by atoms with Crippen molar-refractivity contribution < 1.29 is 19.0 Å². The molecule has 2 aromatic heterocycles. The summed E-state index contributed by atoms with van der Waals surface area (Å²) >= 11 is 0. The molecule has 4 rings (SSSR count). The summed E-state index contributed by atoms with van der Waals surface area (Å²) in [6, 6.07) is 14.9. The van der Waals surface area contributed by atoms with E-state index in [0.717, 1.165) is 5.52 Å². The highest BCUT2D eigenvalue weighted by Gasteiger charge is 2.29. The molecular weight excluding hydrogens is 320 g/mol. The Morgan fingerprint density at radius 3 is 2.88 bits per heavy atom. The lowest BCUT2D eigenvalue weighted by molar-refractivity contribution is -0.155. The quantitative estimate of drug-likeness (QED) is 0.689. The van der Waals surface area contributed by atoms with Crippen LogP contribution in [0, 0.1) is 11.3 Å². The van der Waals surface area contributed by atoms with Crippen LogP contribution in [0.4, 0.5) is 0 Å². The zero-order valence-electron chi connectivity index (χ0n) is 13.2. The topological polar surface area (TPSA) is 73.0 Å². The second-order valence-electron chi connectivity index (χ2n) is 5.61. The van der Waals surface area contributed by atoms with Crippen molar-refractivity contribution in [2.24, 2.45) is 0 Å². The maximum absolute atomic E-state index is 12.3. The number of hydrogen-bond donors (Lipinski definition) is 0. The molecule has 0 spiro atoms. The molecule has 25 heavy (non-hydrogen) atoms. The van der Waals surface area contributed by atoms with Gasteiger partial charge in [0.2, 0.25) is 6.10 Å². The molecule has 124 valence electrons. The smallest absolute Gasteiger partial charge is 0.351 e. The first kappa shape index (κ1) is 15.1. The van der Waals surface area contributed by atoms with Gasteiger partial charge in [-0.25, -0.2) is 4.79 Å². The van der Waals surface area contributed by atoms with E-state index in [-0.39, 0.29) is 13.2 Å². The van der Waals surface area contributed by atoms with Gasteiger partial charge < -0.3 is 18.6 Å². The third-order valence-corrected chi connectivity index (χ3v) is 4.02. The van der Waals surface area contributed by atoms with Gasteiger partial charge in [-0.05, 0) is 24.3 Å². The maximum atomic E-state index is 12.3. The molecule has 0 amide bonds. The third-order valence-electron chi connectivity index (χ3n) is 4.02. The van der Waals surface area contributed by atoms with Crippen molar-refractivity contribution in [3.05, 3.63) is 66.0 Å². The van der Waals surface area contributed by atoms with Crippen molar-refractivity contribution >= 4 is 11.5 Å². The highest BCUT2D eigenvalue weighted by molar-refractivity contribution is 5.76. The van der Waals surface area contributed by atoms with E-state index in [1.165, 1.54) is 0 Å². The molecule has 3 aromatic rings. The number of rotatable bonds is 3. The molecule has 0 bridgehead atoms. The number of hydrogen-bond acceptors (Lipinski definition) is 5. The summed E-state index contributed by atoms with van der Waals surface area (Å²) < 4.78 is 18.3. The monoisotopic (exact) mass is 334 g/mol. The highest BCUT2D eigenvalue weighted by atomic mass is 16.6. The van der Waals surface area contributed by atoms with Gasteiger partial charge in [0.25, 0.3) is 0 Å². The standard InChI is InChI=1S/C19H14N2O4/c20-9-14-13(10-21-8-4-3-5-15(14)21)11-24-19(22)18-12-23-16-6-1-2-7-17(16)25-18/h1-8,10,18H,11-12H2. The number of carbonyl (C=O) groups excluding carboxylic acids is 1. The lowest BCUT2D eigenvalue weighted by atomic mass is 10.2. The minimum absolute atomic E-state index is 0.00487. The predicted molar refractivity (Wildman–Crippen MR) is 88.3 cm³/mol. The van der Waals surface area contributed by atoms with Gasteiger partial charge in [-0.1, -0.05) is 18.2 Å². The molecule has 0 fully saturated rings. The van der Waals surface area contributed by atoms with Crippen molar-refractivity contribution in [3.63, 3.8) is 0 Å². The van der Waals surface area contributed by atoms with E-state index in [2.05, 4.69) is 6.07 Å². The van der Waals surface area contributed by atoms with E-state index in [4.69, 9.17) is 14.2 Å². The van der Waals surface area contributed by atoms with Gasteiger partial charge in [-0.2, -0.15) is 5.26 Å². The van der Waals surface area contributed by atoms with E-state index in [1.54, 1.807) is 18.3 Å². The molecule has 1 aliphatic heterocycles. The van der Waals surface area contributed by atoms with Crippen LogP contribution in [0.25, 0.3) is 5.52 Å². The first-order chi connectivity index (χ1) is 12.3. The Kier molecular flexibility index (Phi) is 3.75. The molecule has 0 aliphatic carbocycles. The molecule has 1 atom stereocenters. The van der Waals surface area contributed by atoms with Gasteiger partial charge in [0.05, 0.1) is 11.1 Å². The number of ether oxygens (including phenoxy) is 3. The van der Waals surface area contributed by atoms with Gasteiger partial charge >= 0.3 is 5.97 Å². The number of nitrogens with zero attached hydrogens (tertiary/aromatic N) is 2. The van der Waals surface area contributed by atoms with Crippen LogP contribution in [-0.4, -0.2) is 23.1 Å². The fraction of sp³-hybridized carbons (Fsp3) is 0.158. The van der Waals surface area contributed by atoms with Crippen LogP contribution in [0.1, 0.15) is 11.1 Å². The molecule has 1 unspecified atom stereocenters. The lowest BCUT2D eigenvalue weighted by Gasteiger charge is -2.24. The Morgan fingerprint density at radius 1 is 1.24 bits per heavy atom. The Balaban J connectivity index is 1.47. The summed E-state index contributed by atoms with van der Waals surface area (Å²) in [5.74, 6) is 0.605. The minimum Gasteiger partial charge on any atom is -0.485 e. The molecule has 0 N–H and O–H groups in total. The Labute approximate surface area is 143 Å². The largest absolute Gasteiger partial charge is 0.485 e. The Bertz CT molecular complexity index is 986. The molecular formula is C19H14N2O4. The van der Waals surface area contributed by atoms with Crippen LogP contribution in [0.3, 0.4) is 0 Å². The minimum atomic E-state index is -0.822. The number of para-hydroxylation sites is 2. The van der Waals surface area contributed by atoms with E-state index in [0.29, 0.717) is 22.6 Å². The van der Waals surface area contributed by atoms with Crippen molar-refractivity contribution in [3.8, 4) is 17.6 Å². The molecule has 6 nitrogen and oxygen atoms in total. The molecule has 1 aromatic carbocycles. The average molecular weight is 334 g/mol. The van der Waals surface area contributed by atoms with Crippen LogP contribution in [0.15, 0.2) is 54.9 Å². The number of aromatic nitrogens is 1. The summed E-state index contributed by atoms with van der Waals surface area (Å²) in [5, 5.41) is 9.38. The highest BCUT2D eigenvalue weighted by Crippen LogP contribution is 2.31. The van der Waals surface area contributed by atoms with Gasteiger partial charge in [0.1, 0.15) is 19.3 Å². The predicted octanol–water partition coefficient (Wildman–Crippen LogP) is 2.69. The number of benzene rings is 1. The van der Waals surface area contributed by atoms with Crippen molar-refractivity contribution in [1.29, 1.82) is 5.26 Å². The molecule has 0 saturated heterocycles. The number of esters is 1. The molecule has 0 saturated carbocycles. The number of carbonyl (C=O) groups is 1. The van der Waals surface area contributed by atoms with Crippen molar-refractivity contribution in [1.82, 2.24) is 4.40 Å². The van der Waals surface area contributed by atoms with E-state index < -0.39 is 12.1 Å². The normalized spacial score (nSPS) is 15.6. The van der Waals surface area contributed by atoms with Crippen molar-refractivity contribution in [2.75, 3.05) is 6.61 Å². The second kappa shape index (κ2) is 6.21. The fourth-order valence-electron chi connectivity index (χ4n) is 2.79. The zero-order valence-corrected chi connectivity index (χ0v) is 13.2. The summed E-state index contributed by atoms with van der Waals surface area (Å²) in [4.78, 5) is 12.3. The fourth-order valence-corrected chi connectivity index (χ4v) is 2.79. The molecule has 0 radical (unpaired) electrons. The Hall–Kier alpha value is -3.46. The lowest BCUT2D eigenvalue weighted by Crippen LogP contribution is -2.37. The summed E-state index contributed by atoms with van der Waals surface area (Å²) in [6.07, 6.45) is 2.81. The van der Waals surface area contributed by atoms with E-state index in [1.807, 2.05) is 40.9 Å². The first-order valence-corrected chi connectivity index (χ1v) is 7.80. The van der Waals surface area contributed by atoms with Crippen LogP contribution in [0.5, 0.6) is 11.5 Å². The van der Waals surface area contributed by atoms with Crippen LogP contribution in [0.2, 0.25) is 0 Å². The van der Waals surface area contributed by atoms with Crippen molar-refractivity contribution in [2.45, 2.75) is 12.7 Å². The zero-order chi connectivity index (χ0) is 17.2. The van der Waals surface area contributed by atoms with Crippen LogP contribution < -0.4 is 9.47 Å². The summed E-state index contributed by atoms with van der Waals surface area (Å²) in [7, 11) is 0. The number of pyridine rings is 1. The number of fused-ring (bicyclic) bond motifs is 2. The van der Waals surface area contributed by atoms with Gasteiger partial charge in [0.15, 0.2) is 11.5 Å². The second-order valence-corrected chi connectivity index (χ2v) is 5.61. The van der Waals surface area contributed by atoms with Gasteiger partial charge in [0, 0.05) is 18.0 Å². The molecule has 3 heterocycles.